The zero-order valence-corrected chi connectivity index (χ0v) is 11.9. The Hall–Kier alpha value is -1.00. The first-order valence-corrected chi connectivity index (χ1v) is 6.88. The van der Waals surface area contributed by atoms with Crippen LogP contribution in [0.3, 0.4) is 0 Å². The number of hydrogen-bond acceptors (Lipinski definition) is 2. The first-order chi connectivity index (χ1) is 8.69. The zero-order chi connectivity index (χ0) is 13.0. The first kappa shape index (κ1) is 13.4. The van der Waals surface area contributed by atoms with Crippen molar-refractivity contribution >= 4 is 34.6 Å². The van der Waals surface area contributed by atoms with E-state index in [9.17, 15) is 0 Å². The van der Waals surface area contributed by atoms with Gasteiger partial charge in [-0.2, -0.15) is 0 Å². The lowest BCUT2D eigenvalue weighted by molar-refractivity contribution is 0.415. The number of halogens is 1. The van der Waals surface area contributed by atoms with E-state index in [1.165, 1.54) is 25.7 Å². The first-order valence-electron chi connectivity index (χ1n) is 6.10. The molecule has 98 valence electrons. The molecule has 0 aromatic heterocycles. The molecule has 0 aliphatic heterocycles. The van der Waals surface area contributed by atoms with Gasteiger partial charge in [-0.05, 0) is 43.3 Å². The molecule has 0 heterocycles. The molecule has 1 fully saturated rings. The van der Waals surface area contributed by atoms with Crippen molar-refractivity contribution in [2.24, 2.45) is 0 Å². The molecule has 0 spiro atoms. The molecule has 0 amide bonds. The van der Waals surface area contributed by atoms with Crippen LogP contribution in [0.15, 0.2) is 18.2 Å². The monoisotopic (exact) mass is 284 g/mol. The van der Waals surface area contributed by atoms with Crippen molar-refractivity contribution < 1.29 is 4.74 Å². The fraction of sp³-hybridized carbons (Fsp3) is 0.462. The van der Waals surface area contributed by atoms with Crippen molar-refractivity contribution in [3.05, 3.63) is 23.2 Å². The fourth-order valence-corrected chi connectivity index (χ4v) is 2.71. The van der Waals surface area contributed by atoms with Gasteiger partial charge in [-0.1, -0.05) is 24.4 Å². The van der Waals surface area contributed by atoms with Crippen LogP contribution in [0.2, 0.25) is 5.02 Å². The standard InChI is InChI=1S/C13H17ClN2OS/c1-17-12-7-6-10(8-11(12)14)16-13(18)15-9-4-2-3-5-9/h6-9H,2-5H2,1H3,(H2,15,16,18). The van der Waals surface area contributed by atoms with E-state index in [0.29, 0.717) is 21.9 Å². The quantitative estimate of drug-likeness (QED) is 0.831. The maximum atomic E-state index is 6.05. The summed E-state index contributed by atoms with van der Waals surface area (Å²) in [6.45, 7) is 0. The minimum atomic E-state index is 0.513. The third kappa shape index (κ3) is 3.50. The van der Waals surface area contributed by atoms with Gasteiger partial charge in [-0.3, -0.25) is 0 Å². The maximum Gasteiger partial charge on any atom is 0.170 e. The Kier molecular flexibility index (Phi) is 4.66. The number of anilines is 1. The van der Waals surface area contributed by atoms with Crippen LogP contribution in [0.1, 0.15) is 25.7 Å². The van der Waals surface area contributed by atoms with Gasteiger partial charge in [0.25, 0.3) is 0 Å². The van der Waals surface area contributed by atoms with Crippen LogP contribution < -0.4 is 15.4 Å². The Bertz CT molecular complexity index is 433. The predicted molar refractivity (Wildman–Crippen MR) is 79.6 cm³/mol. The lowest BCUT2D eigenvalue weighted by Crippen LogP contribution is -2.35. The molecule has 5 heteroatoms. The summed E-state index contributed by atoms with van der Waals surface area (Å²) >= 11 is 11.3. The lowest BCUT2D eigenvalue weighted by Gasteiger charge is -2.16. The molecule has 0 atom stereocenters. The number of methoxy groups -OCH3 is 1. The summed E-state index contributed by atoms with van der Waals surface area (Å²) in [5.74, 6) is 0.664. The van der Waals surface area contributed by atoms with Gasteiger partial charge in [-0.15, -0.1) is 0 Å². The average molecular weight is 285 g/mol. The predicted octanol–water partition coefficient (Wildman–Crippen LogP) is 3.58. The summed E-state index contributed by atoms with van der Waals surface area (Å²) in [5.41, 5.74) is 0.872. The lowest BCUT2D eigenvalue weighted by atomic mass is 10.2. The van der Waals surface area contributed by atoms with Crippen molar-refractivity contribution in [3.63, 3.8) is 0 Å². The van der Waals surface area contributed by atoms with Crippen molar-refractivity contribution in [3.8, 4) is 5.75 Å². The van der Waals surface area contributed by atoms with Gasteiger partial charge in [0.05, 0.1) is 12.1 Å². The Morgan fingerprint density at radius 2 is 2.11 bits per heavy atom. The van der Waals surface area contributed by atoms with Crippen molar-refractivity contribution in [2.45, 2.75) is 31.7 Å². The van der Waals surface area contributed by atoms with Gasteiger partial charge < -0.3 is 15.4 Å². The van der Waals surface area contributed by atoms with Gasteiger partial charge >= 0.3 is 0 Å². The molecule has 18 heavy (non-hydrogen) atoms. The van der Waals surface area contributed by atoms with Crippen LogP contribution in [0.5, 0.6) is 5.75 Å². The van der Waals surface area contributed by atoms with E-state index >= 15 is 0 Å². The normalized spacial score (nSPS) is 15.4. The molecule has 0 radical (unpaired) electrons. The minimum absolute atomic E-state index is 0.513. The molecular weight excluding hydrogens is 268 g/mol. The van der Waals surface area contributed by atoms with E-state index in [0.717, 1.165) is 5.69 Å². The van der Waals surface area contributed by atoms with E-state index in [2.05, 4.69) is 10.6 Å². The van der Waals surface area contributed by atoms with Crippen molar-refractivity contribution in [2.75, 3.05) is 12.4 Å². The zero-order valence-electron chi connectivity index (χ0n) is 10.3. The second-order valence-corrected chi connectivity index (χ2v) is 5.24. The average Bonchev–Trinajstić information content (AvgIpc) is 2.82. The summed E-state index contributed by atoms with van der Waals surface area (Å²) in [4.78, 5) is 0. The number of benzene rings is 1. The van der Waals surface area contributed by atoms with E-state index in [1.807, 2.05) is 18.2 Å². The van der Waals surface area contributed by atoms with Crippen LogP contribution in [0, 0.1) is 0 Å². The van der Waals surface area contributed by atoms with Crippen LogP contribution in [-0.4, -0.2) is 18.3 Å². The highest BCUT2D eigenvalue weighted by atomic mass is 35.5. The van der Waals surface area contributed by atoms with E-state index in [-0.39, 0.29) is 0 Å². The number of nitrogens with one attached hydrogen (secondary N) is 2. The van der Waals surface area contributed by atoms with Gasteiger partial charge in [-0.25, -0.2) is 0 Å². The van der Waals surface area contributed by atoms with Crippen LogP contribution >= 0.6 is 23.8 Å². The fourth-order valence-electron chi connectivity index (χ4n) is 2.17. The second kappa shape index (κ2) is 6.25. The van der Waals surface area contributed by atoms with Gasteiger partial charge in [0.15, 0.2) is 5.11 Å². The van der Waals surface area contributed by atoms with Crippen LogP contribution in [-0.2, 0) is 0 Å². The van der Waals surface area contributed by atoms with E-state index in [4.69, 9.17) is 28.6 Å². The maximum absolute atomic E-state index is 6.05. The van der Waals surface area contributed by atoms with Crippen LogP contribution in [0.4, 0.5) is 5.69 Å². The second-order valence-electron chi connectivity index (χ2n) is 4.43. The van der Waals surface area contributed by atoms with E-state index < -0.39 is 0 Å². The Morgan fingerprint density at radius 1 is 1.39 bits per heavy atom. The molecule has 0 unspecified atom stereocenters. The Balaban J connectivity index is 1.92. The molecule has 1 aliphatic rings. The number of thiocarbonyl (C=S) groups is 1. The highest BCUT2D eigenvalue weighted by Crippen LogP contribution is 2.27. The molecule has 1 aromatic rings. The minimum Gasteiger partial charge on any atom is -0.495 e. The number of hydrogen-bond donors (Lipinski definition) is 2. The summed E-state index contributed by atoms with van der Waals surface area (Å²) in [6.07, 6.45) is 4.97. The summed E-state index contributed by atoms with van der Waals surface area (Å²) in [7, 11) is 1.60. The largest absolute Gasteiger partial charge is 0.495 e. The van der Waals surface area contributed by atoms with Gasteiger partial charge in [0.1, 0.15) is 5.75 Å². The van der Waals surface area contributed by atoms with Crippen LogP contribution in [0.25, 0.3) is 0 Å². The van der Waals surface area contributed by atoms with E-state index in [1.54, 1.807) is 7.11 Å². The third-order valence-electron chi connectivity index (χ3n) is 3.10. The topological polar surface area (TPSA) is 33.3 Å². The number of rotatable bonds is 3. The SMILES string of the molecule is COc1ccc(NC(=S)NC2CCCC2)cc1Cl. The third-order valence-corrected chi connectivity index (χ3v) is 3.62. The van der Waals surface area contributed by atoms with Crippen molar-refractivity contribution in [1.29, 1.82) is 0 Å². The smallest absolute Gasteiger partial charge is 0.170 e. The highest BCUT2D eigenvalue weighted by Gasteiger charge is 2.15. The summed E-state index contributed by atoms with van der Waals surface area (Å²) < 4.78 is 5.10. The van der Waals surface area contributed by atoms with Crippen molar-refractivity contribution in [1.82, 2.24) is 5.32 Å². The van der Waals surface area contributed by atoms with Gasteiger partial charge in [0.2, 0.25) is 0 Å². The highest BCUT2D eigenvalue weighted by molar-refractivity contribution is 7.80. The molecule has 3 nitrogen and oxygen atoms in total. The Morgan fingerprint density at radius 3 is 2.72 bits per heavy atom. The Labute approximate surface area is 118 Å². The molecule has 1 saturated carbocycles. The summed E-state index contributed by atoms with van der Waals surface area (Å²) in [5, 5.41) is 7.69. The molecule has 1 aromatic carbocycles. The van der Waals surface area contributed by atoms with Gasteiger partial charge in [0, 0.05) is 11.7 Å². The molecule has 1 aliphatic carbocycles. The molecule has 0 bridgehead atoms. The molecule has 2 N–H and O–H groups in total. The molecule has 0 saturated heterocycles. The molecular formula is C13H17ClN2OS. The number of ether oxygens (including phenoxy) is 1. The molecule has 2 rings (SSSR count). The summed E-state index contributed by atoms with van der Waals surface area (Å²) in [6, 6.07) is 6.04.